The summed E-state index contributed by atoms with van der Waals surface area (Å²) in [5.74, 6) is 0.985. The van der Waals surface area contributed by atoms with Gasteiger partial charge in [-0.3, -0.25) is 0 Å². The number of rotatable bonds is 6. The smallest absolute Gasteiger partial charge is 0.188 e. The molecule has 1 atom stereocenters. The van der Waals surface area contributed by atoms with Crippen molar-refractivity contribution in [2.75, 3.05) is 12.3 Å². The van der Waals surface area contributed by atoms with E-state index >= 15 is 0 Å². The molecule has 0 saturated heterocycles. The van der Waals surface area contributed by atoms with E-state index in [-0.39, 0.29) is 0 Å². The molecule has 1 unspecified atom stereocenters. The van der Waals surface area contributed by atoms with Gasteiger partial charge in [0.2, 0.25) is 0 Å². The first kappa shape index (κ1) is 14.5. The third-order valence-electron chi connectivity index (χ3n) is 2.72. The lowest BCUT2D eigenvalue weighted by molar-refractivity contribution is 0.610. The Morgan fingerprint density at radius 2 is 2.05 bits per heavy atom. The summed E-state index contributed by atoms with van der Waals surface area (Å²) in [6.07, 6.45) is 0. The number of aryl methyl sites for hydroxylation is 2. The number of aromatic nitrogens is 2. The first-order valence-electron chi connectivity index (χ1n) is 6.37. The van der Waals surface area contributed by atoms with Crippen molar-refractivity contribution in [1.82, 2.24) is 15.3 Å². The topological polar surface area (TPSA) is 37.8 Å². The predicted molar refractivity (Wildman–Crippen MR) is 83.0 cm³/mol. The highest BCUT2D eigenvalue weighted by Crippen LogP contribution is 2.18. The van der Waals surface area contributed by atoms with Gasteiger partial charge in [-0.1, -0.05) is 17.8 Å². The van der Waals surface area contributed by atoms with E-state index in [0.717, 1.165) is 28.8 Å². The van der Waals surface area contributed by atoms with Crippen LogP contribution in [0.5, 0.6) is 0 Å². The Bertz CT molecular complexity index is 491. The molecule has 2 aromatic heterocycles. The maximum absolute atomic E-state index is 4.43. The summed E-state index contributed by atoms with van der Waals surface area (Å²) in [5, 5.41) is 6.51. The minimum absolute atomic E-state index is 0.417. The summed E-state index contributed by atoms with van der Waals surface area (Å²) < 4.78 is 0. The molecular weight excluding hydrogens is 274 g/mol. The Morgan fingerprint density at radius 1 is 1.32 bits per heavy atom. The second-order valence-electron chi connectivity index (χ2n) is 4.47. The molecule has 2 rings (SSSR count). The minimum atomic E-state index is 0.417. The van der Waals surface area contributed by atoms with Crippen LogP contribution in [0.15, 0.2) is 28.7 Å². The molecule has 1 N–H and O–H groups in total. The minimum Gasteiger partial charge on any atom is -0.309 e. The molecular formula is C14H19N3S2. The van der Waals surface area contributed by atoms with Gasteiger partial charge in [0.1, 0.15) is 0 Å². The Balaban J connectivity index is 1.75. The summed E-state index contributed by atoms with van der Waals surface area (Å²) in [4.78, 5) is 10.2. The van der Waals surface area contributed by atoms with E-state index in [2.05, 4.69) is 39.7 Å². The van der Waals surface area contributed by atoms with E-state index < -0.39 is 0 Å². The van der Waals surface area contributed by atoms with Crippen molar-refractivity contribution >= 4 is 23.1 Å². The molecule has 0 aliphatic rings. The molecule has 2 aromatic rings. The first-order valence-corrected chi connectivity index (χ1v) is 8.23. The van der Waals surface area contributed by atoms with Crippen molar-refractivity contribution in [3.05, 3.63) is 39.8 Å². The zero-order chi connectivity index (χ0) is 13.7. The molecule has 19 heavy (non-hydrogen) atoms. The maximum Gasteiger partial charge on any atom is 0.188 e. The van der Waals surface area contributed by atoms with Crippen LogP contribution in [0, 0.1) is 13.8 Å². The van der Waals surface area contributed by atoms with Crippen LogP contribution in [0.25, 0.3) is 0 Å². The van der Waals surface area contributed by atoms with Crippen molar-refractivity contribution in [3.63, 3.8) is 0 Å². The summed E-state index contributed by atoms with van der Waals surface area (Å²) in [6.45, 7) is 7.18. The summed E-state index contributed by atoms with van der Waals surface area (Å²) in [6, 6.07) is 6.68. The molecule has 0 amide bonds. The zero-order valence-corrected chi connectivity index (χ0v) is 13.1. The largest absolute Gasteiger partial charge is 0.309 e. The van der Waals surface area contributed by atoms with Gasteiger partial charge in [-0.2, -0.15) is 0 Å². The van der Waals surface area contributed by atoms with Gasteiger partial charge in [0.15, 0.2) is 5.16 Å². The van der Waals surface area contributed by atoms with Gasteiger partial charge in [-0.05, 0) is 38.3 Å². The normalized spacial score (nSPS) is 12.6. The molecule has 0 bridgehead atoms. The van der Waals surface area contributed by atoms with Gasteiger partial charge >= 0.3 is 0 Å². The van der Waals surface area contributed by atoms with Gasteiger partial charge < -0.3 is 5.32 Å². The number of thioether (sulfide) groups is 1. The van der Waals surface area contributed by atoms with E-state index in [1.54, 1.807) is 23.1 Å². The summed E-state index contributed by atoms with van der Waals surface area (Å²) in [5.41, 5.74) is 2.07. The number of nitrogens with one attached hydrogen (secondary N) is 1. The quantitative estimate of drug-likeness (QED) is 0.502. The highest BCUT2D eigenvalue weighted by Gasteiger charge is 2.05. The van der Waals surface area contributed by atoms with Crippen LogP contribution < -0.4 is 5.32 Å². The molecule has 102 valence electrons. The maximum atomic E-state index is 4.43. The Morgan fingerprint density at radius 3 is 2.68 bits per heavy atom. The molecule has 3 nitrogen and oxygen atoms in total. The number of thiophene rings is 1. The van der Waals surface area contributed by atoms with Crippen molar-refractivity contribution < 1.29 is 0 Å². The highest BCUT2D eigenvalue weighted by molar-refractivity contribution is 7.99. The van der Waals surface area contributed by atoms with E-state index in [0.29, 0.717) is 6.04 Å². The number of nitrogens with zero attached hydrogens (tertiary/aromatic N) is 2. The third-order valence-corrected chi connectivity index (χ3v) is 4.62. The van der Waals surface area contributed by atoms with E-state index in [1.165, 1.54) is 4.88 Å². The second-order valence-corrected chi connectivity index (χ2v) is 6.51. The van der Waals surface area contributed by atoms with Crippen LogP contribution >= 0.6 is 23.1 Å². The van der Waals surface area contributed by atoms with Crippen LogP contribution in [0.2, 0.25) is 0 Å². The summed E-state index contributed by atoms with van der Waals surface area (Å²) in [7, 11) is 0. The van der Waals surface area contributed by atoms with Gasteiger partial charge in [0.05, 0.1) is 0 Å². The van der Waals surface area contributed by atoms with E-state index in [1.807, 2.05) is 19.9 Å². The molecule has 0 aliphatic heterocycles. The first-order chi connectivity index (χ1) is 9.15. The van der Waals surface area contributed by atoms with Gasteiger partial charge in [0.25, 0.3) is 0 Å². The SMILES string of the molecule is Cc1cc(C)nc(SCCNC(C)c2cccs2)n1. The lowest BCUT2D eigenvalue weighted by Crippen LogP contribution is -2.20. The van der Waals surface area contributed by atoms with Gasteiger partial charge in [0, 0.05) is 34.6 Å². The van der Waals surface area contributed by atoms with Crippen LogP contribution in [-0.2, 0) is 0 Å². The Labute approximate surface area is 122 Å². The number of hydrogen-bond acceptors (Lipinski definition) is 5. The molecule has 0 fully saturated rings. The van der Waals surface area contributed by atoms with Crippen molar-refractivity contribution in [2.24, 2.45) is 0 Å². The molecule has 0 spiro atoms. The molecule has 5 heteroatoms. The average Bonchev–Trinajstić information content (AvgIpc) is 2.87. The number of hydrogen-bond donors (Lipinski definition) is 1. The molecule has 0 aliphatic carbocycles. The van der Waals surface area contributed by atoms with Crippen LogP contribution in [-0.4, -0.2) is 22.3 Å². The second kappa shape index (κ2) is 7.03. The van der Waals surface area contributed by atoms with Gasteiger partial charge in [-0.15, -0.1) is 11.3 Å². The third kappa shape index (κ3) is 4.60. The molecule has 0 saturated carbocycles. The Hall–Kier alpha value is -0.910. The lowest BCUT2D eigenvalue weighted by Gasteiger charge is -2.11. The monoisotopic (exact) mass is 293 g/mol. The van der Waals surface area contributed by atoms with E-state index in [9.17, 15) is 0 Å². The zero-order valence-electron chi connectivity index (χ0n) is 11.5. The molecule has 2 heterocycles. The van der Waals surface area contributed by atoms with E-state index in [4.69, 9.17) is 0 Å². The molecule has 0 aromatic carbocycles. The molecule has 0 radical (unpaired) electrons. The van der Waals surface area contributed by atoms with Crippen LogP contribution in [0.3, 0.4) is 0 Å². The predicted octanol–water partition coefficient (Wildman–Crippen LogP) is 3.60. The standard InChI is InChI=1S/C14H19N3S2/c1-10-9-11(2)17-14(16-10)19-8-6-15-12(3)13-5-4-7-18-13/h4-5,7,9,12,15H,6,8H2,1-3H3. The fraction of sp³-hybridized carbons (Fsp3) is 0.429. The average molecular weight is 293 g/mol. The fourth-order valence-electron chi connectivity index (χ4n) is 1.81. The summed E-state index contributed by atoms with van der Waals surface area (Å²) >= 11 is 3.50. The van der Waals surface area contributed by atoms with Gasteiger partial charge in [-0.25, -0.2) is 9.97 Å². The highest BCUT2D eigenvalue weighted by atomic mass is 32.2. The van der Waals surface area contributed by atoms with Crippen LogP contribution in [0.4, 0.5) is 0 Å². The van der Waals surface area contributed by atoms with Crippen molar-refractivity contribution in [3.8, 4) is 0 Å². The van der Waals surface area contributed by atoms with Crippen molar-refractivity contribution in [1.29, 1.82) is 0 Å². The Kier molecular flexibility index (Phi) is 5.36. The van der Waals surface area contributed by atoms with Crippen LogP contribution in [0.1, 0.15) is 29.2 Å². The lowest BCUT2D eigenvalue weighted by atomic mass is 10.3. The van der Waals surface area contributed by atoms with Crippen molar-refractivity contribution in [2.45, 2.75) is 32.0 Å². The fourth-order valence-corrected chi connectivity index (χ4v) is 3.39.